The standard InChI is InChI=1S/C15H18FNO3S/c1-15(2,14(19)20)8-12(18)17-11-6-7-21-13-9(11)4-3-5-10(13)16/h3-5,11H,6-8H2,1-2H3,(H,17,18)(H,19,20). The minimum Gasteiger partial charge on any atom is -0.481 e. The number of hydrogen-bond donors (Lipinski definition) is 2. The van der Waals surface area contributed by atoms with E-state index in [2.05, 4.69) is 5.32 Å². The Morgan fingerprint density at radius 1 is 1.48 bits per heavy atom. The third-order valence-electron chi connectivity index (χ3n) is 3.54. The molecule has 6 heteroatoms. The van der Waals surface area contributed by atoms with E-state index < -0.39 is 11.4 Å². The predicted molar refractivity (Wildman–Crippen MR) is 78.7 cm³/mol. The highest BCUT2D eigenvalue weighted by molar-refractivity contribution is 7.99. The normalized spacial score (nSPS) is 18.0. The van der Waals surface area contributed by atoms with E-state index in [1.165, 1.54) is 31.7 Å². The van der Waals surface area contributed by atoms with Crippen molar-refractivity contribution in [2.75, 3.05) is 5.75 Å². The molecule has 1 aliphatic rings. The maximum absolute atomic E-state index is 13.7. The highest BCUT2D eigenvalue weighted by Gasteiger charge is 2.32. The van der Waals surface area contributed by atoms with E-state index in [4.69, 9.17) is 5.11 Å². The molecule has 0 saturated heterocycles. The molecule has 1 atom stereocenters. The van der Waals surface area contributed by atoms with Crippen LogP contribution in [0.5, 0.6) is 0 Å². The first kappa shape index (κ1) is 15.8. The van der Waals surface area contributed by atoms with Gasteiger partial charge in [0.1, 0.15) is 5.82 Å². The highest BCUT2D eigenvalue weighted by Crippen LogP contribution is 2.37. The SMILES string of the molecule is CC(C)(CC(=O)NC1CCSc2c(F)cccc21)C(=O)O. The Bertz CT molecular complexity index is 574. The lowest BCUT2D eigenvalue weighted by Crippen LogP contribution is -2.36. The number of hydrogen-bond acceptors (Lipinski definition) is 3. The molecule has 0 aromatic heterocycles. The molecule has 0 aliphatic carbocycles. The molecule has 2 rings (SSSR count). The Hall–Kier alpha value is -1.56. The van der Waals surface area contributed by atoms with Gasteiger partial charge in [-0.2, -0.15) is 0 Å². The molecule has 0 fully saturated rings. The zero-order valence-electron chi connectivity index (χ0n) is 12.0. The third-order valence-corrected chi connectivity index (χ3v) is 4.70. The van der Waals surface area contributed by atoms with E-state index in [1.807, 2.05) is 0 Å². The average molecular weight is 311 g/mol. The lowest BCUT2D eigenvalue weighted by Gasteiger charge is -2.27. The molecule has 1 unspecified atom stereocenters. The van der Waals surface area contributed by atoms with E-state index >= 15 is 0 Å². The highest BCUT2D eigenvalue weighted by atomic mass is 32.2. The zero-order valence-corrected chi connectivity index (χ0v) is 12.8. The van der Waals surface area contributed by atoms with Crippen molar-refractivity contribution in [3.05, 3.63) is 29.6 Å². The molecular weight excluding hydrogens is 293 g/mol. The van der Waals surface area contributed by atoms with Crippen LogP contribution in [0.2, 0.25) is 0 Å². The molecule has 21 heavy (non-hydrogen) atoms. The molecule has 4 nitrogen and oxygen atoms in total. The molecular formula is C15H18FNO3S. The smallest absolute Gasteiger partial charge is 0.309 e. The summed E-state index contributed by atoms with van der Waals surface area (Å²) in [4.78, 5) is 23.7. The van der Waals surface area contributed by atoms with Crippen molar-refractivity contribution in [3.8, 4) is 0 Å². The lowest BCUT2D eigenvalue weighted by atomic mass is 9.89. The molecule has 0 bridgehead atoms. The fraction of sp³-hybridized carbons (Fsp3) is 0.467. The van der Waals surface area contributed by atoms with Crippen molar-refractivity contribution in [1.82, 2.24) is 5.32 Å². The Balaban J connectivity index is 2.10. The van der Waals surface area contributed by atoms with Gasteiger partial charge in [-0.05, 0) is 31.9 Å². The predicted octanol–water partition coefficient (Wildman–Crippen LogP) is 2.98. The van der Waals surface area contributed by atoms with Gasteiger partial charge < -0.3 is 10.4 Å². The van der Waals surface area contributed by atoms with Crippen LogP contribution in [0.15, 0.2) is 23.1 Å². The van der Waals surface area contributed by atoms with Gasteiger partial charge in [0.25, 0.3) is 0 Å². The number of carbonyl (C=O) groups excluding carboxylic acids is 1. The van der Waals surface area contributed by atoms with Crippen molar-refractivity contribution >= 4 is 23.6 Å². The second-order valence-electron chi connectivity index (χ2n) is 5.78. The number of carboxylic acids is 1. The summed E-state index contributed by atoms with van der Waals surface area (Å²) in [6.07, 6.45) is 0.608. The number of aliphatic carboxylic acids is 1. The molecule has 1 amide bonds. The molecule has 0 radical (unpaired) electrons. The van der Waals surface area contributed by atoms with E-state index in [0.717, 1.165) is 11.3 Å². The summed E-state index contributed by atoms with van der Waals surface area (Å²) < 4.78 is 13.7. The summed E-state index contributed by atoms with van der Waals surface area (Å²) >= 11 is 1.44. The van der Waals surface area contributed by atoms with Crippen LogP contribution >= 0.6 is 11.8 Å². The fourth-order valence-electron chi connectivity index (χ4n) is 2.26. The summed E-state index contributed by atoms with van der Waals surface area (Å²) in [7, 11) is 0. The minimum atomic E-state index is -1.11. The number of nitrogens with one attached hydrogen (secondary N) is 1. The second-order valence-corrected chi connectivity index (χ2v) is 6.89. The van der Waals surface area contributed by atoms with Crippen molar-refractivity contribution in [1.29, 1.82) is 0 Å². The molecule has 0 spiro atoms. The van der Waals surface area contributed by atoms with Crippen LogP contribution < -0.4 is 5.32 Å². The molecule has 1 aliphatic heterocycles. The number of amides is 1. The Morgan fingerprint density at radius 2 is 2.19 bits per heavy atom. The molecule has 2 N–H and O–H groups in total. The minimum absolute atomic E-state index is 0.101. The maximum atomic E-state index is 13.7. The van der Waals surface area contributed by atoms with Crippen LogP contribution in [0.25, 0.3) is 0 Å². The third kappa shape index (κ3) is 3.56. The van der Waals surface area contributed by atoms with Crippen LogP contribution in [0.4, 0.5) is 4.39 Å². The van der Waals surface area contributed by atoms with Gasteiger partial charge in [0.05, 0.1) is 11.5 Å². The summed E-state index contributed by atoms with van der Waals surface area (Å²) in [5.74, 6) is -0.888. The van der Waals surface area contributed by atoms with Gasteiger partial charge in [-0.25, -0.2) is 4.39 Å². The van der Waals surface area contributed by atoms with Gasteiger partial charge in [0, 0.05) is 17.1 Å². The first-order valence-corrected chi connectivity index (χ1v) is 7.74. The summed E-state index contributed by atoms with van der Waals surface area (Å²) in [5, 5.41) is 11.9. The summed E-state index contributed by atoms with van der Waals surface area (Å²) in [5.41, 5.74) is -0.342. The second kappa shape index (κ2) is 6.05. The molecule has 0 saturated carbocycles. The van der Waals surface area contributed by atoms with E-state index in [0.29, 0.717) is 11.3 Å². The molecule has 1 aromatic rings. The van der Waals surface area contributed by atoms with Gasteiger partial charge in [0.2, 0.25) is 5.91 Å². The topological polar surface area (TPSA) is 66.4 Å². The number of thioether (sulfide) groups is 1. The van der Waals surface area contributed by atoms with Crippen LogP contribution in [0, 0.1) is 11.2 Å². The summed E-state index contributed by atoms with van der Waals surface area (Å²) in [6, 6.07) is 4.58. The number of rotatable bonds is 4. The maximum Gasteiger partial charge on any atom is 0.309 e. The lowest BCUT2D eigenvalue weighted by molar-refractivity contribution is -0.149. The number of carboxylic acid groups (broad SMARTS) is 1. The number of fused-ring (bicyclic) bond motifs is 1. The van der Waals surface area contributed by atoms with Crippen molar-refractivity contribution in [2.45, 2.75) is 37.6 Å². The molecule has 1 aromatic carbocycles. The molecule has 114 valence electrons. The van der Waals surface area contributed by atoms with Gasteiger partial charge in [-0.3, -0.25) is 9.59 Å². The van der Waals surface area contributed by atoms with Gasteiger partial charge in [0.15, 0.2) is 0 Å². The fourth-order valence-corrected chi connectivity index (χ4v) is 3.40. The van der Waals surface area contributed by atoms with E-state index in [9.17, 15) is 14.0 Å². The van der Waals surface area contributed by atoms with Crippen molar-refractivity contribution < 1.29 is 19.1 Å². The first-order valence-electron chi connectivity index (χ1n) is 6.75. The van der Waals surface area contributed by atoms with E-state index in [-0.39, 0.29) is 24.2 Å². The van der Waals surface area contributed by atoms with Gasteiger partial charge >= 0.3 is 5.97 Å². The van der Waals surface area contributed by atoms with E-state index in [1.54, 1.807) is 12.1 Å². The largest absolute Gasteiger partial charge is 0.481 e. The van der Waals surface area contributed by atoms with Crippen molar-refractivity contribution in [3.63, 3.8) is 0 Å². The quantitative estimate of drug-likeness (QED) is 0.897. The Kier molecular flexibility index (Phi) is 4.56. The van der Waals surface area contributed by atoms with Crippen LogP contribution in [-0.2, 0) is 9.59 Å². The Morgan fingerprint density at radius 3 is 2.86 bits per heavy atom. The average Bonchev–Trinajstić information content (AvgIpc) is 2.39. The van der Waals surface area contributed by atoms with Gasteiger partial charge in [-0.1, -0.05) is 12.1 Å². The monoisotopic (exact) mass is 311 g/mol. The summed E-state index contributed by atoms with van der Waals surface area (Å²) in [6.45, 7) is 3.03. The zero-order chi connectivity index (χ0) is 15.6. The van der Waals surface area contributed by atoms with Gasteiger partial charge in [-0.15, -0.1) is 11.8 Å². The van der Waals surface area contributed by atoms with Crippen molar-refractivity contribution in [2.24, 2.45) is 5.41 Å². The van der Waals surface area contributed by atoms with Crippen LogP contribution in [0.1, 0.15) is 38.3 Å². The Labute approximate surface area is 127 Å². The van der Waals surface area contributed by atoms with Crippen LogP contribution in [-0.4, -0.2) is 22.7 Å². The first-order chi connectivity index (χ1) is 9.81. The number of benzene rings is 1. The molecule has 1 heterocycles. The number of carbonyl (C=O) groups is 2. The van der Waals surface area contributed by atoms with Crippen LogP contribution in [0.3, 0.4) is 0 Å². The number of halogens is 1.